The third-order valence-corrected chi connectivity index (χ3v) is 11.9. The number of aliphatic hydroxyl groups is 1. The molecule has 6 aromatic rings. The standard InChI is InChI=1S/C52H58N6O8/c1-34(53-33-46(60)42-17-19-45(59)51-43(42)18-21-49(62)57-51)28-39-29-37(16-20-47(39)65-2)30-50(63)55-32-36-14-12-35(13-15-36)31-54-48(61)24-27-58-25-22-40(23-26-58)66-52(64)56-44-11-7-6-10-41(44)38-8-4-3-5-9-38/h3-21,29,34,40,46,53,59-60H,22-28,30-33H2,1-2H3,(H,54,61)(H,55,63)(H,56,64)(H,57,62)/t34-,46-/m1/s1. The number of aromatic nitrogens is 1. The van der Waals surface area contributed by atoms with Crippen molar-refractivity contribution in [3.05, 3.63) is 159 Å². The molecule has 1 aliphatic heterocycles. The average Bonchev–Trinajstić information content (AvgIpc) is 3.33. The summed E-state index contributed by atoms with van der Waals surface area (Å²) in [6.45, 7) is 5.10. The van der Waals surface area contributed by atoms with Crippen LogP contribution in [0.2, 0.25) is 0 Å². The van der Waals surface area contributed by atoms with E-state index in [4.69, 9.17) is 9.47 Å². The first-order valence-electron chi connectivity index (χ1n) is 22.4. The molecule has 1 fully saturated rings. The molecule has 14 nitrogen and oxygen atoms in total. The van der Waals surface area contributed by atoms with E-state index in [1.54, 1.807) is 19.2 Å². The molecule has 7 N–H and O–H groups in total. The third kappa shape index (κ3) is 13.1. The van der Waals surface area contributed by atoms with Crippen LogP contribution in [0.3, 0.4) is 0 Å². The molecule has 0 spiro atoms. The molecule has 14 heteroatoms. The van der Waals surface area contributed by atoms with E-state index in [9.17, 15) is 29.4 Å². The van der Waals surface area contributed by atoms with Crippen molar-refractivity contribution in [1.29, 1.82) is 0 Å². The van der Waals surface area contributed by atoms with Gasteiger partial charge in [-0.3, -0.25) is 19.7 Å². The SMILES string of the molecule is COc1ccc(CC(=O)NCc2ccc(CNC(=O)CCN3CCC(OC(=O)Nc4ccccc4-c4ccccc4)CC3)cc2)cc1C[C@@H](C)NC[C@@H](O)c1ccc(O)c2[nH]c(=O)ccc12. The summed E-state index contributed by atoms with van der Waals surface area (Å²) >= 11 is 0. The number of carbonyl (C=O) groups is 3. The second kappa shape index (κ2) is 22.8. The number of amides is 3. The summed E-state index contributed by atoms with van der Waals surface area (Å²) in [4.78, 5) is 55.2. The van der Waals surface area contributed by atoms with Crippen molar-refractivity contribution in [2.24, 2.45) is 0 Å². The number of ether oxygens (including phenoxy) is 2. The van der Waals surface area contributed by atoms with Crippen LogP contribution in [0.25, 0.3) is 22.0 Å². The number of rotatable bonds is 19. The number of hydrogen-bond donors (Lipinski definition) is 7. The number of piperidine rings is 1. The van der Waals surface area contributed by atoms with Gasteiger partial charge in [-0.2, -0.15) is 0 Å². The first-order chi connectivity index (χ1) is 32.0. The lowest BCUT2D eigenvalue weighted by Crippen LogP contribution is -2.40. The Balaban J connectivity index is 0.782. The number of carbonyl (C=O) groups excluding carboxylic acids is 3. The van der Waals surface area contributed by atoms with E-state index < -0.39 is 12.2 Å². The van der Waals surface area contributed by atoms with E-state index in [1.807, 2.05) is 104 Å². The van der Waals surface area contributed by atoms with Gasteiger partial charge in [0.1, 0.15) is 17.6 Å². The fourth-order valence-corrected chi connectivity index (χ4v) is 8.25. The maximum absolute atomic E-state index is 13.0. The first kappa shape index (κ1) is 47.0. The Kier molecular flexibility index (Phi) is 16.2. The molecule has 1 aromatic heterocycles. The number of pyridine rings is 1. The molecule has 0 bridgehead atoms. The lowest BCUT2D eigenvalue weighted by molar-refractivity contribution is -0.122. The number of anilines is 1. The number of phenols is 1. The zero-order valence-electron chi connectivity index (χ0n) is 37.3. The molecule has 3 amide bonds. The van der Waals surface area contributed by atoms with Gasteiger partial charge in [-0.1, -0.05) is 91.0 Å². The summed E-state index contributed by atoms with van der Waals surface area (Å²) in [5.41, 5.74) is 6.82. The minimum absolute atomic E-state index is 0.0350. The molecule has 5 aromatic carbocycles. The number of aromatic amines is 1. The fraction of sp³-hybridized carbons (Fsp3) is 0.308. The number of aliphatic hydroxyl groups excluding tert-OH is 1. The number of nitrogens with one attached hydrogen (secondary N) is 5. The van der Waals surface area contributed by atoms with Gasteiger partial charge in [0.15, 0.2) is 0 Å². The molecule has 0 radical (unpaired) electrons. The highest BCUT2D eigenvalue weighted by Gasteiger charge is 2.23. The van der Waals surface area contributed by atoms with Crippen LogP contribution in [0.1, 0.15) is 60.1 Å². The van der Waals surface area contributed by atoms with Crippen LogP contribution in [0.4, 0.5) is 10.5 Å². The van der Waals surface area contributed by atoms with Gasteiger partial charge < -0.3 is 45.5 Å². The predicted molar refractivity (Wildman–Crippen MR) is 255 cm³/mol. The third-order valence-electron chi connectivity index (χ3n) is 11.9. The monoisotopic (exact) mass is 894 g/mol. The van der Waals surface area contributed by atoms with E-state index >= 15 is 0 Å². The Morgan fingerprint density at radius 2 is 1.50 bits per heavy atom. The number of aromatic hydroxyl groups is 1. The summed E-state index contributed by atoms with van der Waals surface area (Å²) < 4.78 is 11.4. The molecule has 2 heterocycles. The second-order valence-electron chi connectivity index (χ2n) is 16.7. The summed E-state index contributed by atoms with van der Waals surface area (Å²) in [6, 6.07) is 37.0. The molecule has 344 valence electrons. The Hall–Kier alpha value is -7.00. The predicted octanol–water partition coefficient (Wildman–Crippen LogP) is 6.74. The molecule has 0 saturated carbocycles. The van der Waals surface area contributed by atoms with Gasteiger partial charge in [0.2, 0.25) is 17.4 Å². The molecule has 0 unspecified atom stereocenters. The maximum atomic E-state index is 13.0. The maximum Gasteiger partial charge on any atom is 0.411 e. The summed E-state index contributed by atoms with van der Waals surface area (Å²) in [5, 5.41) is 34.1. The average molecular weight is 895 g/mol. The quantitative estimate of drug-likeness (QED) is 0.0458. The smallest absolute Gasteiger partial charge is 0.411 e. The van der Waals surface area contributed by atoms with Crippen molar-refractivity contribution in [2.75, 3.05) is 38.6 Å². The summed E-state index contributed by atoms with van der Waals surface area (Å²) in [5.74, 6) is 0.477. The van der Waals surface area contributed by atoms with E-state index in [1.165, 1.54) is 12.1 Å². The van der Waals surface area contributed by atoms with Crippen LogP contribution >= 0.6 is 0 Å². The number of para-hydroxylation sites is 1. The van der Waals surface area contributed by atoms with Crippen molar-refractivity contribution in [2.45, 2.75) is 70.4 Å². The molecular weight excluding hydrogens is 837 g/mol. The highest BCUT2D eigenvalue weighted by Crippen LogP contribution is 2.30. The van der Waals surface area contributed by atoms with Crippen molar-refractivity contribution in [3.63, 3.8) is 0 Å². The van der Waals surface area contributed by atoms with Crippen LogP contribution in [0, 0.1) is 0 Å². The van der Waals surface area contributed by atoms with Crippen LogP contribution in [0.5, 0.6) is 11.5 Å². The lowest BCUT2D eigenvalue weighted by Gasteiger charge is -2.31. The fourth-order valence-electron chi connectivity index (χ4n) is 8.25. The van der Waals surface area contributed by atoms with Gasteiger partial charge in [-0.15, -0.1) is 0 Å². The van der Waals surface area contributed by atoms with E-state index in [-0.39, 0.29) is 53.8 Å². The Morgan fingerprint density at radius 3 is 2.23 bits per heavy atom. The number of phenolic OH excluding ortho intramolecular Hbond substituents is 1. The molecular formula is C52H58N6O8. The van der Waals surface area contributed by atoms with Crippen molar-refractivity contribution in [1.82, 2.24) is 25.8 Å². The number of benzene rings is 5. The van der Waals surface area contributed by atoms with Crippen molar-refractivity contribution < 1.29 is 34.1 Å². The number of likely N-dealkylation sites (tertiary alicyclic amines) is 1. The molecule has 1 saturated heterocycles. The number of hydrogen-bond acceptors (Lipinski definition) is 10. The molecule has 1 aliphatic rings. The lowest BCUT2D eigenvalue weighted by atomic mass is 10.00. The van der Waals surface area contributed by atoms with Gasteiger partial charge >= 0.3 is 6.09 Å². The van der Waals surface area contributed by atoms with E-state index in [2.05, 4.69) is 31.2 Å². The zero-order chi connectivity index (χ0) is 46.4. The summed E-state index contributed by atoms with van der Waals surface area (Å²) in [6.07, 6.45) is 0.983. The van der Waals surface area contributed by atoms with Gasteiger partial charge in [-0.05, 0) is 83.8 Å². The molecule has 0 aliphatic carbocycles. The van der Waals surface area contributed by atoms with Gasteiger partial charge in [-0.25, -0.2) is 4.79 Å². The van der Waals surface area contributed by atoms with Gasteiger partial charge in [0, 0.05) is 68.7 Å². The van der Waals surface area contributed by atoms with Crippen LogP contribution in [-0.2, 0) is 40.3 Å². The highest BCUT2D eigenvalue weighted by molar-refractivity contribution is 5.91. The number of nitrogens with zero attached hydrogens (tertiary/aromatic N) is 1. The number of methoxy groups -OCH3 is 1. The minimum atomic E-state index is -0.894. The zero-order valence-corrected chi connectivity index (χ0v) is 37.3. The number of H-pyrrole nitrogens is 1. The minimum Gasteiger partial charge on any atom is -0.506 e. The van der Waals surface area contributed by atoms with Crippen molar-refractivity contribution >= 4 is 34.5 Å². The normalized spacial score (nSPS) is 14.0. The molecule has 2 atom stereocenters. The second-order valence-corrected chi connectivity index (χ2v) is 16.7. The van der Waals surface area contributed by atoms with Gasteiger partial charge in [0.05, 0.1) is 30.8 Å². The topological polar surface area (TPSA) is 194 Å². The van der Waals surface area contributed by atoms with Crippen LogP contribution in [-0.4, -0.2) is 83.4 Å². The van der Waals surface area contributed by atoms with Crippen LogP contribution in [0.15, 0.2) is 126 Å². The molecule has 66 heavy (non-hydrogen) atoms. The number of fused-ring (bicyclic) bond motifs is 1. The van der Waals surface area contributed by atoms with E-state index in [0.29, 0.717) is 67.7 Å². The highest BCUT2D eigenvalue weighted by atomic mass is 16.6. The Morgan fingerprint density at radius 1 is 0.818 bits per heavy atom. The van der Waals surface area contributed by atoms with Gasteiger partial charge in [0.25, 0.3) is 0 Å². The van der Waals surface area contributed by atoms with E-state index in [0.717, 1.165) is 46.5 Å². The largest absolute Gasteiger partial charge is 0.506 e. The first-order valence-corrected chi connectivity index (χ1v) is 22.4. The molecule has 7 rings (SSSR count). The Labute approximate surface area is 384 Å². The van der Waals surface area contributed by atoms with Crippen LogP contribution < -0.4 is 31.6 Å². The Bertz CT molecular complexity index is 2650. The van der Waals surface area contributed by atoms with Crippen molar-refractivity contribution in [3.8, 4) is 22.6 Å². The summed E-state index contributed by atoms with van der Waals surface area (Å²) in [7, 11) is 1.61.